The van der Waals surface area contributed by atoms with Gasteiger partial charge in [-0.25, -0.2) is 4.98 Å². The van der Waals surface area contributed by atoms with E-state index in [1.165, 1.54) is 35.4 Å². The molecule has 1 aromatic carbocycles. The van der Waals surface area contributed by atoms with Gasteiger partial charge in [0.2, 0.25) is 5.52 Å². The Labute approximate surface area is 108 Å². The Balaban J connectivity index is 2.05. The molecular formula is C15H21N3+2. The summed E-state index contributed by atoms with van der Waals surface area (Å²) in [5, 5.41) is 1.34. The van der Waals surface area contributed by atoms with Crippen LogP contribution in [0, 0.1) is 6.92 Å². The molecule has 0 unspecified atom stereocenters. The second-order valence-electron chi connectivity index (χ2n) is 5.33. The minimum absolute atomic E-state index is 1.15. The molecule has 94 valence electrons. The van der Waals surface area contributed by atoms with Crippen molar-refractivity contribution in [1.29, 1.82) is 0 Å². The fraction of sp³-hybridized carbons (Fsp3) is 0.400. The summed E-state index contributed by atoms with van der Waals surface area (Å²) in [6, 6.07) is 10.9. The van der Waals surface area contributed by atoms with Gasteiger partial charge in [-0.05, 0) is 6.07 Å². The van der Waals surface area contributed by atoms with E-state index in [9.17, 15) is 0 Å². The van der Waals surface area contributed by atoms with Crippen molar-refractivity contribution in [2.24, 2.45) is 0 Å². The van der Waals surface area contributed by atoms with Crippen LogP contribution in [0.1, 0.15) is 5.69 Å². The van der Waals surface area contributed by atoms with Crippen LogP contribution in [0.2, 0.25) is 0 Å². The summed E-state index contributed by atoms with van der Waals surface area (Å²) in [5.74, 6) is 0. The van der Waals surface area contributed by atoms with E-state index >= 15 is 0 Å². The third-order valence-corrected chi connectivity index (χ3v) is 3.85. The zero-order valence-electron chi connectivity index (χ0n) is 11.2. The zero-order chi connectivity index (χ0) is 12.5. The number of hydrogen-bond acceptors (Lipinski definition) is 1. The molecule has 3 nitrogen and oxygen atoms in total. The number of benzene rings is 1. The van der Waals surface area contributed by atoms with E-state index in [4.69, 9.17) is 0 Å². The number of nitrogens with zero attached hydrogens (tertiary/aromatic N) is 1. The van der Waals surface area contributed by atoms with Crippen LogP contribution in [-0.4, -0.2) is 33.2 Å². The number of para-hydroxylation sites is 1. The Kier molecular flexibility index (Phi) is 2.92. The number of hydrogen-bond donors (Lipinski definition) is 1. The van der Waals surface area contributed by atoms with Crippen molar-refractivity contribution in [2.75, 3.05) is 38.1 Å². The number of nitrogens with one attached hydrogen (secondary N) is 2. The second-order valence-corrected chi connectivity index (χ2v) is 5.33. The largest absolute Gasteiger partial charge is 0.359 e. The molecule has 2 aromatic rings. The van der Waals surface area contributed by atoms with Gasteiger partial charge in [0.05, 0.1) is 44.3 Å². The summed E-state index contributed by atoms with van der Waals surface area (Å²) in [6.45, 7) is 6.90. The molecule has 0 amide bonds. The van der Waals surface area contributed by atoms with Gasteiger partial charge < -0.3 is 9.80 Å². The molecule has 1 fully saturated rings. The van der Waals surface area contributed by atoms with Crippen molar-refractivity contribution in [2.45, 2.75) is 6.92 Å². The normalized spacial score (nSPS) is 17.3. The van der Waals surface area contributed by atoms with E-state index in [-0.39, 0.29) is 0 Å². The molecule has 3 rings (SSSR count). The van der Waals surface area contributed by atoms with Gasteiger partial charge in [-0.15, -0.1) is 0 Å². The first-order chi connectivity index (χ1) is 8.74. The minimum Gasteiger partial charge on any atom is -0.359 e. The van der Waals surface area contributed by atoms with Gasteiger partial charge in [0.25, 0.3) is 0 Å². The van der Waals surface area contributed by atoms with Gasteiger partial charge in [-0.2, -0.15) is 0 Å². The molecule has 0 spiro atoms. The highest BCUT2D eigenvalue weighted by atomic mass is 15.2. The summed E-state index contributed by atoms with van der Waals surface area (Å²) in [6.07, 6.45) is 0. The fourth-order valence-corrected chi connectivity index (χ4v) is 2.74. The number of H-pyrrole nitrogens is 1. The highest BCUT2D eigenvalue weighted by molar-refractivity contribution is 5.89. The summed E-state index contributed by atoms with van der Waals surface area (Å²) < 4.78 is 0. The number of anilines is 1. The van der Waals surface area contributed by atoms with Crippen molar-refractivity contribution in [3.05, 3.63) is 36.0 Å². The van der Waals surface area contributed by atoms with Gasteiger partial charge in [0.1, 0.15) is 0 Å². The van der Waals surface area contributed by atoms with E-state index in [1.54, 1.807) is 4.90 Å². The lowest BCUT2D eigenvalue weighted by Gasteiger charge is -2.32. The number of aromatic nitrogens is 1. The van der Waals surface area contributed by atoms with Crippen LogP contribution in [0.15, 0.2) is 30.3 Å². The summed E-state index contributed by atoms with van der Waals surface area (Å²) >= 11 is 0. The van der Waals surface area contributed by atoms with Crippen LogP contribution in [-0.2, 0) is 0 Å². The second kappa shape index (κ2) is 4.58. The standard InChI is InChI=1S/C15H19N3/c1-12-11-15(18-9-7-17(2)8-10-18)13-5-3-4-6-14(13)16-12/h3-6,11H,7-10H2,1-2H3/p+2. The first kappa shape index (κ1) is 11.5. The average Bonchev–Trinajstić information content (AvgIpc) is 2.38. The number of aryl methyl sites for hydroxylation is 1. The third kappa shape index (κ3) is 2.06. The maximum atomic E-state index is 3.45. The highest BCUT2D eigenvalue weighted by Gasteiger charge is 2.20. The van der Waals surface area contributed by atoms with Gasteiger partial charge in [0, 0.05) is 19.1 Å². The van der Waals surface area contributed by atoms with E-state index < -0.39 is 0 Å². The van der Waals surface area contributed by atoms with Crippen LogP contribution >= 0.6 is 0 Å². The van der Waals surface area contributed by atoms with E-state index in [0.717, 1.165) is 13.1 Å². The first-order valence-corrected chi connectivity index (χ1v) is 6.72. The van der Waals surface area contributed by atoms with Crippen LogP contribution in [0.4, 0.5) is 5.69 Å². The van der Waals surface area contributed by atoms with Crippen molar-refractivity contribution >= 4 is 16.6 Å². The molecule has 1 saturated heterocycles. The average molecular weight is 243 g/mol. The lowest BCUT2D eigenvalue weighted by atomic mass is 10.1. The van der Waals surface area contributed by atoms with Gasteiger partial charge >= 0.3 is 0 Å². The summed E-state index contributed by atoms with van der Waals surface area (Å²) in [5.41, 5.74) is 3.85. The topological polar surface area (TPSA) is 21.8 Å². The third-order valence-electron chi connectivity index (χ3n) is 3.85. The number of piperazine rings is 1. The Morgan fingerprint density at radius 1 is 1.17 bits per heavy atom. The molecule has 0 aliphatic carbocycles. The molecular weight excluding hydrogens is 222 g/mol. The lowest BCUT2D eigenvalue weighted by Crippen LogP contribution is -3.12. The lowest BCUT2D eigenvalue weighted by molar-refractivity contribution is -0.880. The summed E-state index contributed by atoms with van der Waals surface area (Å²) in [7, 11) is 2.28. The van der Waals surface area contributed by atoms with Crippen LogP contribution in [0.3, 0.4) is 0 Å². The molecule has 0 bridgehead atoms. The zero-order valence-corrected chi connectivity index (χ0v) is 11.2. The van der Waals surface area contributed by atoms with Gasteiger partial charge in [-0.3, -0.25) is 0 Å². The van der Waals surface area contributed by atoms with Crippen molar-refractivity contribution in [1.82, 2.24) is 0 Å². The maximum absolute atomic E-state index is 3.45. The predicted molar refractivity (Wildman–Crippen MR) is 74.1 cm³/mol. The number of quaternary nitrogens is 1. The maximum Gasteiger partial charge on any atom is 0.213 e. The van der Waals surface area contributed by atoms with Crippen molar-refractivity contribution in [3.8, 4) is 0 Å². The molecule has 3 heteroatoms. The predicted octanol–water partition coefficient (Wildman–Crippen LogP) is 0.297. The molecule has 0 radical (unpaired) electrons. The van der Waals surface area contributed by atoms with Gasteiger partial charge in [-0.1, -0.05) is 12.1 Å². The first-order valence-electron chi connectivity index (χ1n) is 6.72. The molecule has 1 aliphatic rings. The smallest absolute Gasteiger partial charge is 0.213 e. The van der Waals surface area contributed by atoms with Crippen molar-refractivity contribution < 1.29 is 9.88 Å². The van der Waals surface area contributed by atoms with Crippen LogP contribution < -0.4 is 14.8 Å². The highest BCUT2D eigenvalue weighted by Crippen LogP contribution is 2.24. The monoisotopic (exact) mass is 243 g/mol. The molecule has 1 aliphatic heterocycles. The Hall–Kier alpha value is -1.61. The number of rotatable bonds is 1. The molecule has 2 heterocycles. The van der Waals surface area contributed by atoms with E-state index in [1.807, 2.05) is 0 Å². The van der Waals surface area contributed by atoms with Gasteiger partial charge in [0.15, 0.2) is 5.69 Å². The molecule has 0 saturated carbocycles. The number of likely N-dealkylation sites (N-methyl/N-ethyl adjacent to an activating group) is 1. The van der Waals surface area contributed by atoms with Crippen LogP contribution in [0.5, 0.6) is 0 Å². The van der Waals surface area contributed by atoms with E-state index in [0.29, 0.717) is 0 Å². The minimum atomic E-state index is 1.15. The Bertz CT molecular complexity index is 557. The number of fused-ring (bicyclic) bond motifs is 1. The Morgan fingerprint density at radius 2 is 1.89 bits per heavy atom. The number of pyridine rings is 1. The molecule has 2 N–H and O–H groups in total. The van der Waals surface area contributed by atoms with E-state index in [2.05, 4.69) is 54.2 Å². The quantitative estimate of drug-likeness (QED) is 0.764. The van der Waals surface area contributed by atoms with Crippen LogP contribution in [0.25, 0.3) is 10.9 Å². The summed E-state index contributed by atoms with van der Waals surface area (Å²) in [4.78, 5) is 7.60. The Morgan fingerprint density at radius 3 is 2.67 bits per heavy atom. The van der Waals surface area contributed by atoms with Crippen molar-refractivity contribution in [3.63, 3.8) is 0 Å². The number of aromatic amines is 1. The molecule has 18 heavy (non-hydrogen) atoms. The fourth-order valence-electron chi connectivity index (χ4n) is 2.74. The molecule has 0 atom stereocenters. The SMILES string of the molecule is Cc1cc(N2CC[NH+](C)CC2)c2ccccc2[nH+]1. The molecule has 1 aromatic heterocycles.